The molecule has 6 nitrogen and oxygen atoms in total. The number of aryl methyl sites for hydroxylation is 1. The van der Waals surface area contributed by atoms with Gasteiger partial charge in [-0.1, -0.05) is 80.1 Å². The third kappa shape index (κ3) is 6.94. The number of halogens is 1. The second-order valence-corrected chi connectivity index (χ2v) is 11.6. The molecule has 0 aliphatic carbocycles. The van der Waals surface area contributed by atoms with E-state index in [-0.39, 0.29) is 18.5 Å². The van der Waals surface area contributed by atoms with Gasteiger partial charge in [0.2, 0.25) is 0 Å². The number of rotatable bonds is 12. The second-order valence-electron chi connectivity index (χ2n) is 10.8. The molecule has 0 saturated carbocycles. The number of carbonyl (C=O) groups excluding carboxylic acids is 2. The maximum Gasteiger partial charge on any atom is 0.312 e. The van der Waals surface area contributed by atoms with Gasteiger partial charge in [0.25, 0.3) is 5.91 Å². The van der Waals surface area contributed by atoms with Crippen molar-refractivity contribution in [2.75, 3.05) is 20.8 Å². The lowest BCUT2D eigenvalue weighted by molar-refractivity contribution is -0.146. The highest BCUT2D eigenvalue weighted by Gasteiger charge is 2.24. The molecular weight excluding hydrogens is 606 g/mol. The fourth-order valence-corrected chi connectivity index (χ4v) is 6.00. The summed E-state index contributed by atoms with van der Waals surface area (Å²) in [4.78, 5) is 27.7. The Morgan fingerprint density at radius 1 is 0.930 bits per heavy atom. The van der Waals surface area contributed by atoms with E-state index in [0.29, 0.717) is 24.5 Å². The molecule has 0 fully saturated rings. The van der Waals surface area contributed by atoms with Crippen LogP contribution in [0.4, 0.5) is 0 Å². The molecule has 0 spiro atoms. The van der Waals surface area contributed by atoms with Crippen LogP contribution in [0.2, 0.25) is 0 Å². The summed E-state index contributed by atoms with van der Waals surface area (Å²) in [5.74, 6) is 0.228. The number of esters is 1. The lowest BCUT2D eigenvalue weighted by atomic mass is 10.0. The molecule has 1 atom stereocenters. The number of ether oxygens (including phenoxy) is 2. The van der Waals surface area contributed by atoms with Crippen molar-refractivity contribution in [3.05, 3.63) is 112 Å². The summed E-state index contributed by atoms with van der Waals surface area (Å²) in [5.41, 5.74) is 3.79. The predicted molar refractivity (Wildman–Crippen MR) is 173 cm³/mol. The molecule has 0 bridgehead atoms. The maximum absolute atomic E-state index is 13.6. The summed E-state index contributed by atoms with van der Waals surface area (Å²) in [6, 6.07) is 27.7. The Hall–Kier alpha value is -4.10. The third-order valence-electron chi connectivity index (χ3n) is 7.72. The van der Waals surface area contributed by atoms with Crippen molar-refractivity contribution in [1.29, 1.82) is 0 Å². The van der Waals surface area contributed by atoms with Crippen LogP contribution < -0.4 is 4.74 Å². The van der Waals surface area contributed by atoms with Gasteiger partial charge >= 0.3 is 5.97 Å². The molecule has 5 aromatic rings. The van der Waals surface area contributed by atoms with E-state index in [2.05, 4.69) is 28.9 Å². The summed E-state index contributed by atoms with van der Waals surface area (Å²) in [7, 11) is 3.21. The number of para-hydroxylation sites is 1. The van der Waals surface area contributed by atoms with Crippen LogP contribution in [-0.2, 0) is 28.9 Å². The van der Waals surface area contributed by atoms with Crippen molar-refractivity contribution >= 4 is 49.5 Å². The van der Waals surface area contributed by atoms with Crippen molar-refractivity contribution in [2.45, 2.75) is 39.2 Å². The minimum Gasteiger partial charge on any atom is -0.491 e. The standard InChI is InChI=1S/C36H36BrNO5/c1-4-5-13-30-29-14-9-10-15-31(29)43-34(30)35(39)38(2)22-25-16-18-28-26(21-25)17-19-32(33(28)37)42-23-27(36(40)41-3)20-24-11-7-6-8-12-24/h6-12,14-19,21,27H,4-5,13,20,22-23H2,1-3H3. The van der Waals surface area contributed by atoms with E-state index in [1.807, 2.05) is 85.9 Å². The number of methoxy groups -OCH3 is 1. The number of furan rings is 1. The predicted octanol–water partition coefficient (Wildman–Crippen LogP) is 8.37. The van der Waals surface area contributed by atoms with Gasteiger partial charge in [0, 0.05) is 24.5 Å². The van der Waals surface area contributed by atoms with E-state index in [4.69, 9.17) is 13.9 Å². The fraction of sp³-hybridized carbons (Fsp3) is 0.278. The van der Waals surface area contributed by atoms with Crippen molar-refractivity contribution in [1.82, 2.24) is 4.90 Å². The zero-order valence-corrected chi connectivity index (χ0v) is 26.4. The molecule has 0 aliphatic heterocycles. The molecule has 0 N–H and O–H groups in total. The topological polar surface area (TPSA) is 69.0 Å². The first-order chi connectivity index (χ1) is 20.9. The van der Waals surface area contributed by atoms with Crippen LogP contribution in [0.3, 0.4) is 0 Å². The highest BCUT2D eigenvalue weighted by molar-refractivity contribution is 9.10. The minimum absolute atomic E-state index is 0.122. The number of unbranched alkanes of at least 4 members (excludes halogenated alkanes) is 1. The van der Waals surface area contributed by atoms with Crippen LogP contribution in [0.25, 0.3) is 21.7 Å². The van der Waals surface area contributed by atoms with Crippen LogP contribution >= 0.6 is 15.9 Å². The van der Waals surface area contributed by atoms with Crippen molar-refractivity contribution < 1.29 is 23.5 Å². The zero-order chi connectivity index (χ0) is 30.3. The first-order valence-corrected chi connectivity index (χ1v) is 15.4. The Kier molecular flexibility index (Phi) is 9.82. The number of nitrogens with zero attached hydrogens (tertiary/aromatic N) is 1. The smallest absolute Gasteiger partial charge is 0.312 e. The number of hydrogen-bond donors (Lipinski definition) is 0. The van der Waals surface area contributed by atoms with Gasteiger partial charge in [-0.3, -0.25) is 9.59 Å². The summed E-state index contributed by atoms with van der Waals surface area (Å²) < 4.78 is 18.1. The first-order valence-electron chi connectivity index (χ1n) is 14.6. The Balaban J connectivity index is 1.30. The highest BCUT2D eigenvalue weighted by Crippen LogP contribution is 2.35. The molecule has 4 aromatic carbocycles. The summed E-state index contributed by atoms with van der Waals surface area (Å²) in [5, 5.41) is 3.00. The monoisotopic (exact) mass is 641 g/mol. The number of fused-ring (bicyclic) bond motifs is 2. The largest absolute Gasteiger partial charge is 0.491 e. The van der Waals surface area contributed by atoms with E-state index in [9.17, 15) is 9.59 Å². The SMILES string of the molecule is CCCCc1c(C(=O)N(C)Cc2ccc3c(Br)c(OCC(Cc4ccccc4)C(=O)OC)ccc3c2)oc2ccccc12. The van der Waals surface area contributed by atoms with Crippen LogP contribution in [-0.4, -0.2) is 37.5 Å². The lowest BCUT2D eigenvalue weighted by Gasteiger charge is -2.18. The zero-order valence-electron chi connectivity index (χ0n) is 24.8. The Labute approximate surface area is 260 Å². The van der Waals surface area contributed by atoms with E-state index >= 15 is 0 Å². The van der Waals surface area contributed by atoms with E-state index in [1.165, 1.54) is 7.11 Å². The molecule has 7 heteroatoms. The molecule has 1 aromatic heterocycles. The molecule has 0 radical (unpaired) electrons. The number of amides is 1. The summed E-state index contributed by atoms with van der Waals surface area (Å²) >= 11 is 3.71. The second kappa shape index (κ2) is 13.9. The van der Waals surface area contributed by atoms with Crippen molar-refractivity contribution in [2.24, 2.45) is 5.92 Å². The first kappa shape index (κ1) is 30.4. The maximum atomic E-state index is 13.6. The molecule has 1 unspecified atom stereocenters. The van der Waals surface area contributed by atoms with Gasteiger partial charge in [-0.15, -0.1) is 0 Å². The number of carbonyl (C=O) groups is 2. The van der Waals surface area contributed by atoms with Crippen LogP contribution in [0.5, 0.6) is 5.75 Å². The third-order valence-corrected chi connectivity index (χ3v) is 8.54. The van der Waals surface area contributed by atoms with Crippen LogP contribution in [0.1, 0.15) is 47.0 Å². The highest BCUT2D eigenvalue weighted by atomic mass is 79.9. The summed E-state index contributed by atoms with van der Waals surface area (Å²) in [6.45, 7) is 2.78. The summed E-state index contributed by atoms with van der Waals surface area (Å²) in [6.07, 6.45) is 3.38. The lowest BCUT2D eigenvalue weighted by Crippen LogP contribution is -2.26. The minimum atomic E-state index is -0.431. The normalized spacial score (nSPS) is 11.9. The van der Waals surface area contributed by atoms with E-state index < -0.39 is 5.92 Å². The molecule has 5 rings (SSSR count). The molecular formula is C36H36BrNO5. The Bertz CT molecular complexity index is 1730. The van der Waals surface area contributed by atoms with Crippen LogP contribution in [0.15, 0.2) is 93.8 Å². The average Bonchev–Trinajstić information content (AvgIpc) is 3.40. The van der Waals surface area contributed by atoms with Gasteiger partial charge in [-0.25, -0.2) is 0 Å². The number of hydrogen-bond acceptors (Lipinski definition) is 5. The van der Waals surface area contributed by atoms with Gasteiger partial charge in [0.15, 0.2) is 5.76 Å². The van der Waals surface area contributed by atoms with E-state index in [0.717, 1.165) is 62.2 Å². The number of benzene rings is 4. The van der Waals surface area contributed by atoms with Crippen molar-refractivity contribution in [3.8, 4) is 5.75 Å². The Morgan fingerprint density at radius 3 is 2.47 bits per heavy atom. The molecule has 1 heterocycles. The van der Waals surface area contributed by atoms with Gasteiger partial charge in [-0.05, 0) is 75.3 Å². The molecule has 0 saturated heterocycles. The molecule has 222 valence electrons. The fourth-order valence-electron chi connectivity index (χ4n) is 5.39. The average molecular weight is 643 g/mol. The molecule has 0 aliphatic rings. The van der Waals surface area contributed by atoms with Gasteiger partial charge in [0.05, 0.1) is 17.5 Å². The molecule has 43 heavy (non-hydrogen) atoms. The van der Waals surface area contributed by atoms with E-state index in [1.54, 1.807) is 4.90 Å². The van der Waals surface area contributed by atoms with Crippen LogP contribution in [0, 0.1) is 5.92 Å². The van der Waals surface area contributed by atoms with Gasteiger partial charge < -0.3 is 18.8 Å². The van der Waals surface area contributed by atoms with Gasteiger partial charge in [0.1, 0.15) is 17.9 Å². The van der Waals surface area contributed by atoms with Crippen molar-refractivity contribution in [3.63, 3.8) is 0 Å². The quantitative estimate of drug-likeness (QED) is 0.128. The molecule has 1 amide bonds. The van der Waals surface area contributed by atoms with Gasteiger partial charge in [-0.2, -0.15) is 0 Å². The Morgan fingerprint density at radius 2 is 1.70 bits per heavy atom.